The van der Waals surface area contributed by atoms with Crippen LogP contribution in [0.2, 0.25) is 0 Å². The number of amides is 1. The van der Waals surface area contributed by atoms with E-state index in [4.69, 9.17) is 4.74 Å². The highest BCUT2D eigenvalue weighted by Gasteiger charge is 2.29. The molecule has 0 aliphatic carbocycles. The van der Waals surface area contributed by atoms with Crippen molar-refractivity contribution in [2.45, 2.75) is 39.3 Å². The van der Waals surface area contributed by atoms with Crippen molar-refractivity contribution in [3.05, 3.63) is 34.9 Å². The lowest BCUT2D eigenvalue weighted by Gasteiger charge is -2.35. The van der Waals surface area contributed by atoms with Gasteiger partial charge in [0.15, 0.2) is 0 Å². The number of hydrogen-bond donors (Lipinski definition) is 0. The Morgan fingerprint density at radius 1 is 1.17 bits per heavy atom. The Labute approximate surface area is 137 Å². The first-order chi connectivity index (χ1) is 11.0. The zero-order valence-corrected chi connectivity index (χ0v) is 13.9. The Kier molecular flexibility index (Phi) is 4.66. The van der Waals surface area contributed by atoms with Crippen LogP contribution >= 0.6 is 0 Å². The van der Waals surface area contributed by atoms with Crippen LogP contribution in [-0.4, -0.2) is 54.0 Å². The molecule has 1 aromatic rings. The molecule has 3 rings (SSSR count). The quantitative estimate of drug-likeness (QED) is 0.793. The van der Waals surface area contributed by atoms with Crippen molar-refractivity contribution in [1.82, 2.24) is 9.80 Å². The second kappa shape index (κ2) is 6.71. The van der Waals surface area contributed by atoms with Gasteiger partial charge in [-0.05, 0) is 37.0 Å². The molecule has 0 unspecified atom stereocenters. The normalized spacial score (nSPS) is 22.5. The maximum absolute atomic E-state index is 12.4. The van der Waals surface area contributed by atoms with Crippen LogP contribution in [0.5, 0.6) is 0 Å². The summed E-state index contributed by atoms with van der Waals surface area (Å²) in [6.45, 7) is 7.53. The first kappa shape index (κ1) is 16.0. The average Bonchev–Trinajstić information content (AvgIpc) is 2.91. The van der Waals surface area contributed by atoms with Crippen molar-refractivity contribution in [3.63, 3.8) is 0 Å². The molecule has 23 heavy (non-hydrogen) atoms. The van der Waals surface area contributed by atoms with E-state index in [-0.39, 0.29) is 18.0 Å². The van der Waals surface area contributed by atoms with E-state index in [1.54, 1.807) is 0 Å². The standard InChI is InChI=1S/C18H24N2O3/c1-13-3-4-15(9-14(13)2)10-20-8-7-19(12-17(20)21)11-16-5-6-18(22)23-16/h3-4,9,16H,5-8,10-12H2,1-2H3/t16-/m1/s1. The van der Waals surface area contributed by atoms with Crippen molar-refractivity contribution in [3.8, 4) is 0 Å². The van der Waals surface area contributed by atoms with E-state index in [1.807, 2.05) is 4.90 Å². The fourth-order valence-corrected chi connectivity index (χ4v) is 3.20. The lowest BCUT2D eigenvalue weighted by atomic mass is 10.1. The van der Waals surface area contributed by atoms with Crippen molar-refractivity contribution in [2.75, 3.05) is 26.2 Å². The molecule has 5 heteroatoms. The molecule has 2 heterocycles. The first-order valence-electron chi connectivity index (χ1n) is 8.27. The second-order valence-corrected chi connectivity index (χ2v) is 6.62. The smallest absolute Gasteiger partial charge is 0.306 e. The van der Waals surface area contributed by atoms with Crippen molar-refractivity contribution in [1.29, 1.82) is 0 Å². The van der Waals surface area contributed by atoms with Gasteiger partial charge in [0.25, 0.3) is 0 Å². The average molecular weight is 316 g/mol. The molecule has 0 radical (unpaired) electrons. The fourth-order valence-electron chi connectivity index (χ4n) is 3.20. The summed E-state index contributed by atoms with van der Waals surface area (Å²) in [5, 5.41) is 0. The molecule has 2 aliphatic rings. The third kappa shape index (κ3) is 3.91. The molecule has 2 aliphatic heterocycles. The maximum atomic E-state index is 12.4. The molecule has 1 atom stereocenters. The van der Waals surface area contributed by atoms with Gasteiger partial charge in [0.1, 0.15) is 6.10 Å². The third-order valence-corrected chi connectivity index (χ3v) is 4.77. The summed E-state index contributed by atoms with van der Waals surface area (Å²) >= 11 is 0. The number of aryl methyl sites for hydroxylation is 2. The SMILES string of the molecule is Cc1ccc(CN2CCN(C[C@H]3CCC(=O)O3)CC2=O)cc1C. The van der Waals surface area contributed by atoms with E-state index < -0.39 is 0 Å². The van der Waals surface area contributed by atoms with Crippen LogP contribution in [0.3, 0.4) is 0 Å². The number of rotatable bonds is 4. The van der Waals surface area contributed by atoms with Gasteiger partial charge in [-0.3, -0.25) is 14.5 Å². The summed E-state index contributed by atoms with van der Waals surface area (Å²) in [6, 6.07) is 6.37. The molecular formula is C18H24N2O3. The number of hydrogen-bond acceptors (Lipinski definition) is 4. The highest BCUT2D eigenvalue weighted by Crippen LogP contribution is 2.17. The molecule has 1 amide bonds. The fraction of sp³-hybridized carbons (Fsp3) is 0.556. The lowest BCUT2D eigenvalue weighted by molar-refractivity contribution is -0.143. The van der Waals surface area contributed by atoms with Crippen LogP contribution in [0.25, 0.3) is 0 Å². The number of carbonyl (C=O) groups is 2. The van der Waals surface area contributed by atoms with Gasteiger partial charge in [-0.15, -0.1) is 0 Å². The van der Waals surface area contributed by atoms with E-state index in [2.05, 4.69) is 36.9 Å². The summed E-state index contributed by atoms with van der Waals surface area (Å²) in [7, 11) is 0. The Morgan fingerprint density at radius 3 is 2.65 bits per heavy atom. The van der Waals surface area contributed by atoms with E-state index in [9.17, 15) is 9.59 Å². The number of esters is 1. The first-order valence-corrected chi connectivity index (χ1v) is 8.27. The maximum Gasteiger partial charge on any atom is 0.306 e. The van der Waals surface area contributed by atoms with Crippen LogP contribution in [0.15, 0.2) is 18.2 Å². The molecule has 2 fully saturated rings. The lowest BCUT2D eigenvalue weighted by Crippen LogP contribution is -2.51. The molecule has 0 N–H and O–H groups in total. The minimum Gasteiger partial charge on any atom is -0.461 e. The van der Waals surface area contributed by atoms with Gasteiger partial charge in [-0.2, -0.15) is 0 Å². The van der Waals surface area contributed by atoms with Gasteiger partial charge < -0.3 is 9.64 Å². The van der Waals surface area contributed by atoms with Gasteiger partial charge in [0.2, 0.25) is 5.91 Å². The van der Waals surface area contributed by atoms with Crippen molar-refractivity contribution >= 4 is 11.9 Å². The molecule has 0 saturated carbocycles. The van der Waals surface area contributed by atoms with Crippen molar-refractivity contribution < 1.29 is 14.3 Å². The van der Waals surface area contributed by atoms with Crippen LogP contribution in [0.4, 0.5) is 0 Å². The zero-order valence-electron chi connectivity index (χ0n) is 13.9. The number of cyclic esters (lactones) is 1. The topological polar surface area (TPSA) is 49.9 Å². The molecule has 0 bridgehead atoms. The molecule has 1 aromatic carbocycles. The van der Waals surface area contributed by atoms with Crippen LogP contribution in [-0.2, 0) is 20.9 Å². The van der Waals surface area contributed by atoms with E-state index in [0.717, 1.165) is 19.5 Å². The van der Waals surface area contributed by atoms with Gasteiger partial charge in [0, 0.05) is 32.6 Å². The summed E-state index contributed by atoms with van der Waals surface area (Å²) in [6.07, 6.45) is 1.24. The summed E-state index contributed by atoms with van der Waals surface area (Å²) in [5.41, 5.74) is 3.72. The van der Waals surface area contributed by atoms with Crippen LogP contribution in [0, 0.1) is 13.8 Å². The molecular weight excluding hydrogens is 292 g/mol. The minimum absolute atomic E-state index is 0.0402. The Bertz CT molecular complexity index is 614. The van der Waals surface area contributed by atoms with Crippen molar-refractivity contribution in [2.24, 2.45) is 0 Å². The monoisotopic (exact) mass is 316 g/mol. The van der Waals surface area contributed by atoms with Gasteiger partial charge in [-0.1, -0.05) is 18.2 Å². The molecule has 2 saturated heterocycles. The Balaban J connectivity index is 1.53. The van der Waals surface area contributed by atoms with Gasteiger partial charge >= 0.3 is 5.97 Å². The van der Waals surface area contributed by atoms with Crippen LogP contribution in [0.1, 0.15) is 29.5 Å². The van der Waals surface area contributed by atoms with Crippen LogP contribution < -0.4 is 0 Å². The Hall–Kier alpha value is -1.88. The van der Waals surface area contributed by atoms with E-state index in [0.29, 0.717) is 26.1 Å². The van der Waals surface area contributed by atoms with E-state index in [1.165, 1.54) is 16.7 Å². The summed E-state index contributed by atoms with van der Waals surface area (Å²) in [4.78, 5) is 27.5. The molecule has 5 nitrogen and oxygen atoms in total. The number of piperazine rings is 1. The minimum atomic E-state index is -0.116. The number of ether oxygens (including phenoxy) is 1. The van der Waals surface area contributed by atoms with Gasteiger partial charge in [-0.25, -0.2) is 0 Å². The predicted molar refractivity (Wildman–Crippen MR) is 86.9 cm³/mol. The summed E-state index contributed by atoms with van der Waals surface area (Å²) < 4.78 is 5.24. The Morgan fingerprint density at radius 2 is 2.00 bits per heavy atom. The molecule has 0 aromatic heterocycles. The largest absolute Gasteiger partial charge is 0.461 e. The second-order valence-electron chi connectivity index (χ2n) is 6.62. The highest BCUT2D eigenvalue weighted by molar-refractivity contribution is 5.79. The highest BCUT2D eigenvalue weighted by atomic mass is 16.5. The predicted octanol–water partition coefficient (Wildman–Crippen LogP) is 1.65. The van der Waals surface area contributed by atoms with Gasteiger partial charge in [0.05, 0.1) is 6.54 Å². The number of nitrogens with zero attached hydrogens (tertiary/aromatic N) is 2. The number of carbonyl (C=O) groups excluding carboxylic acids is 2. The zero-order chi connectivity index (χ0) is 16.4. The third-order valence-electron chi connectivity index (χ3n) is 4.77. The summed E-state index contributed by atoms with van der Waals surface area (Å²) in [5.74, 6) is 0.0357. The molecule has 124 valence electrons. The van der Waals surface area contributed by atoms with E-state index >= 15 is 0 Å². The number of benzene rings is 1. The molecule has 0 spiro atoms.